The van der Waals surface area contributed by atoms with Crippen LogP contribution in [-0.4, -0.2) is 9.97 Å². The van der Waals surface area contributed by atoms with Crippen molar-refractivity contribution in [2.24, 2.45) is 11.5 Å². The number of fused-ring (bicyclic) bond motifs is 4. The smallest absolute Gasteiger partial charge is 0.0992 e. The Morgan fingerprint density at radius 2 is 1.14 bits per heavy atom. The summed E-state index contributed by atoms with van der Waals surface area (Å²) >= 11 is 0. The number of nitriles is 2. The highest BCUT2D eigenvalue weighted by Gasteiger charge is 2.22. The van der Waals surface area contributed by atoms with Gasteiger partial charge in [-0.3, -0.25) is 9.97 Å². The Hall–Kier alpha value is -7.80. The molecule has 2 heterocycles. The number of hydrogen-bond acceptors (Lipinski definition) is 6. The Morgan fingerprint density at radius 1 is 0.589 bits per heavy atom. The van der Waals surface area contributed by atoms with Gasteiger partial charge in [0.2, 0.25) is 0 Å². The molecule has 0 spiro atoms. The maximum absolute atomic E-state index is 9.43. The number of pyridine rings is 2. The Morgan fingerprint density at radius 3 is 1.64 bits per heavy atom. The molecule has 0 aliphatic carbocycles. The van der Waals surface area contributed by atoms with Crippen LogP contribution in [0.25, 0.3) is 82.3 Å². The molecule has 0 saturated carbocycles. The Bertz CT molecular complexity index is 2900. The van der Waals surface area contributed by atoms with Gasteiger partial charge in [-0.05, 0) is 114 Å². The average molecular weight is 721 g/mol. The van der Waals surface area contributed by atoms with Crippen LogP contribution in [0.3, 0.4) is 0 Å². The van der Waals surface area contributed by atoms with E-state index in [0.717, 1.165) is 71.8 Å². The summed E-state index contributed by atoms with van der Waals surface area (Å²) in [6, 6.07) is 46.3. The summed E-state index contributed by atoms with van der Waals surface area (Å²) in [7, 11) is 0. The first kappa shape index (κ1) is 35.2. The molecule has 2 aromatic heterocycles. The summed E-state index contributed by atoms with van der Waals surface area (Å²) in [5.74, 6) is 0. The van der Waals surface area contributed by atoms with Crippen molar-refractivity contribution in [1.29, 1.82) is 10.5 Å². The third-order valence-corrected chi connectivity index (χ3v) is 10.2. The standard InChI is InChI=1S/C50H36N6/c51-26-24-33(29-52)12-2-1-3-13-35(31-54)47-37-14-4-8-18-41(37)49(42-19-9-5-15-38(42)47)50-43-20-10-6-16-39(43)48(40-17-7-11-21-44(40)50)36-22-23-45(56-32-36)46-28-34(30-53)25-27-55-46/h3-28,31-32H,1-2,51,54H2/b13-3-,26-24-,33-12+,35-31+. The van der Waals surface area contributed by atoms with Crippen LogP contribution < -0.4 is 11.5 Å². The Kier molecular flexibility index (Phi) is 9.86. The maximum Gasteiger partial charge on any atom is 0.0992 e. The SMILES string of the molecule is N#CC(/C=C\N)=C/CC/C=C\C(=C/N)c1c2ccccc2c(-c2c3ccccc3c(-c3ccc(-c4cc(C#N)ccn4)nc3)c3ccccc23)c2ccccc12. The lowest BCUT2D eigenvalue weighted by Crippen LogP contribution is -1.97. The molecular weight excluding hydrogens is 685 g/mol. The molecule has 56 heavy (non-hydrogen) atoms. The van der Waals surface area contributed by atoms with Crippen molar-refractivity contribution < 1.29 is 0 Å². The highest BCUT2D eigenvalue weighted by Crippen LogP contribution is 2.49. The minimum Gasteiger partial charge on any atom is -0.405 e. The first-order valence-electron chi connectivity index (χ1n) is 18.4. The van der Waals surface area contributed by atoms with Crippen LogP contribution in [0, 0.1) is 22.7 Å². The number of rotatable bonds is 9. The minimum atomic E-state index is 0.544. The van der Waals surface area contributed by atoms with Crippen molar-refractivity contribution in [3.8, 4) is 45.8 Å². The topological polar surface area (TPSA) is 125 Å². The quantitative estimate of drug-likeness (QED) is 0.0661. The number of allylic oxidation sites excluding steroid dienone is 6. The molecule has 0 radical (unpaired) electrons. The van der Waals surface area contributed by atoms with Gasteiger partial charge in [0.25, 0.3) is 0 Å². The summed E-state index contributed by atoms with van der Waals surface area (Å²) in [6.45, 7) is 0. The zero-order chi connectivity index (χ0) is 38.4. The van der Waals surface area contributed by atoms with Crippen molar-refractivity contribution in [2.75, 3.05) is 0 Å². The number of hydrogen-bond donors (Lipinski definition) is 2. The largest absolute Gasteiger partial charge is 0.405 e. The predicted octanol–water partition coefficient (Wildman–Crippen LogP) is 11.5. The molecular formula is C50H36N6. The third-order valence-electron chi connectivity index (χ3n) is 10.2. The second-order valence-corrected chi connectivity index (χ2v) is 13.4. The van der Waals surface area contributed by atoms with Crippen LogP contribution in [0.5, 0.6) is 0 Å². The van der Waals surface area contributed by atoms with Gasteiger partial charge in [0.1, 0.15) is 0 Å². The van der Waals surface area contributed by atoms with E-state index < -0.39 is 0 Å². The maximum atomic E-state index is 9.43. The number of aromatic nitrogens is 2. The van der Waals surface area contributed by atoms with Crippen molar-refractivity contribution in [1.82, 2.24) is 9.97 Å². The van der Waals surface area contributed by atoms with Gasteiger partial charge < -0.3 is 11.5 Å². The zero-order valence-corrected chi connectivity index (χ0v) is 30.5. The van der Waals surface area contributed by atoms with E-state index in [9.17, 15) is 10.5 Å². The molecule has 0 fully saturated rings. The van der Waals surface area contributed by atoms with Crippen LogP contribution in [-0.2, 0) is 0 Å². The number of nitrogens with zero attached hydrogens (tertiary/aromatic N) is 4. The normalized spacial score (nSPS) is 12.2. The molecule has 8 rings (SSSR count). The number of benzene rings is 6. The summed E-state index contributed by atoms with van der Waals surface area (Å²) in [6.07, 6.45) is 15.8. The fourth-order valence-electron chi connectivity index (χ4n) is 7.77. The van der Waals surface area contributed by atoms with Crippen LogP contribution in [0.1, 0.15) is 24.0 Å². The van der Waals surface area contributed by atoms with E-state index in [1.54, 1.807) is 30.6 Å². The number of nitrogens with two attached hydrogens (primary N) is 2. The molecule has 0 aliphatic heterocycles. The second kappa shape index (κ2) is 15.7. The van der Waals surface area contributed by atoms with Gasteiger partial charge >= 0.3 is 0 Å². The molecule has 6 aromatic carbocycles. The van der Waals surface area contributed by atoms with E-state index in [1.165, 1.54) is 17.3 Å². The fourth-order valence-corrected chi connectivity index (χ4v) is 7.77. The summed E-state index contributed by atoms with van der Waals surface area (Å²) < 4.78 is 0. The second-order valence-electron chi connectivity index (χ2n) is 13.4. The van der Waals surface area contributed by atoms with E-state index in [4.69, 9.17) is 16.5 Å². The average Bonchev–Trinajstić information content (AvgIpc) is 3.26. The van der Waals surface area contributed by atoms with E-state index in [-0.39, 0.29) is 0 Å². The molecule has 8 aromatic rings. The highest BCUT2D eigenvalue weighted by molar-refractivity contribution is 6.29. The molecule has 0 aliphatic rings. The van der Waals surface area contributed by atoms with E-state index in [0.29, 0.717) is 28.9 Å². The van der Waals surface area contributed by atoms with E-state index in [2.05, 4.69) is 132 Å². The fraction of sp³-hybridized carbons (Fsp3) is 0.0400. The minimum absolute atomic E-state index is 0.544. The van der Waals surface area contributed by atoms with Crippen molar-refractivity contribution in [3.63, 3.8) is 0 Å². The Labute approximate surface area is 325 Å². The highest BCUT2D eigenvalue weighted by atomic mass is 14.8. The number of unbranched alkanes of at least 4 members (excludes halogenated alkanes) is 1. The van der Waals surface area contributed by atoms with Crippen molar-refractivity contribution in [3.05, 3.63) is 187 Å². The van der Waals surface area contributed by atoms with Gasteiger partial charge in [0, 0.05) is 29.7 Å². The van der Waals surface area contributed by atoms with Gasteiger partial charge in [-0.1, -0.05) is 121 Å². The van der Waals surface area contributed by atoms with Crippen LogP contribution in [0.2, 0.25) is 0 Å². The van der Waals surface area contributed by atoms with E-state index >= 15 is 0 Å². The molecule has 266 valence electrons. The van der Waals surface area contributed by atoms with Gasteiger partial charge in [0.05, 0.1) is 29.1 Å². The molecule has 6 heteroatoms. The molecule has 0 unspecified atom stereocenters. The molecule has 0 bridgehead atoms. The lowest BCUT2D eigenvalue weighted by atomic mass is 9.81. The molecule has 0 amide bonds. The van der Waals surface area contributed by atoms with Gasteiger partial charge in [-0.15, -0.1) is 0 Å². The third kappa shape index (κ3) is 6.43. The van der Waals surface area contributed by atoms with Gasteiger partial charge in [0.15, 0.2) is 0 Å². The van der Waals surface area contributed by atoms with Crippen molar-refractivity contribution >= 4 is 48.7 Å². The lowest BCUT2D eigenvalue weighted by Gasteiger charge is -2.22. The lowest BCUT2D eigenvalue weighted by molar-refractivity contribution is 1.05. The summed E-state index contributed by atoms with van der Waals surface area (Å²) in [5.41, 5.74) is 20.8. The van der Waals surface area contributed by atoms with E-state index in [1.807, 2.05) is 18.3 Å². The van der Waals surface area contributed by atoms with Gasteiger partial charge in [-0.2, -0.15) is 10.5 Å². The predicted molar refractivity (Wildman–Crippen MR) is 231 cm³/mol. The van der Waals surface area contributed by atoms with Gasteiger partial charge in [-0.25, -0.2) is 0 Å². The summed E-state index contributed by atoms with van der Waals surface area (Å²) in [5, 5.41) is 27.8. The molecule has 0 atom stereocenters. The first-order chi connectivity index (χ1) is 27.6. The zero-order valence-electron chi connectivity index (χ0n) is 30.5. The van der Waals surface area contributed by atoms with Crippen molar-refractivity contribution in [2.45, 2.75) is 12.8 Å². The molecule has 6 nitrogen and oxygen atoms in total. The van der Waals surface area contributed by atoms with Crippen LogP contribution in [0.4, 0.5) is 0 Å². The Balaban J connectivity index is 1.33. The van der Waals surface area contributed by atoms with Crippen LogP contribution >= 0.6 is 0 Å². The summed E-state index contributed by atoms with van der Waals surface area (Å²) in [4.78, 5) is 9.31. The first-order valence-corrected chi connectivity index (χ1v) is 18.4. The van der Waals surface area contributed by atoms with Crippen LogP contribution in [0.15, 0.2) is 176 Å². The molecule has 4 N–H and O–H groups in total. The monoisotopic (exact) mass is 720 g/mol. The molecule has 0 saturated heterocycles.